The number of fused-ring (bicyclic) bond motifs is 1. The summed E-state index contributed by atoms with van der Waals surface area (Å²) in [6, 6.07) is 3.15. The fourth-order valence-electron chi connectivity index (χ4n) is 4.61. The molecule has 0 amide bonds. The van der Waals surface area contributed by atoms with Crippen LogP contribution in [0, 0.1) is 5.82 Å². The predicted octanol–water partition coefficient (Wildman–Crippen LogP) is 6.16. The van der Waals surface area contributed by atoms with E-state index in [1.165, 1.54) is 6.07 Å². The Hall–Kier alpha value is -1.33. The normalized spacial score (nSPS) is 12.8. The summed E-state index contributed by atoms with van der Waals surface area (Å²) in [4.78, 5) is 11.6. The highest BCUT2D eigenvalue weighted by Crippen LogP contribution is 2.45. The number of rotatable bonds is 5. The summed E-state index contributed by atoms with van der Waals surface area (Å²) >= 11 is 5.92. The lowest BCUT2D eigenvalue weighted by atomic mass is 10.1. The van der Waals surface area contributed by atoms with Crippen LogP contribution in [0.3, 0.4) is 0 Å². The molecule has 1 aromatic heterocycles. The topological polar surface area (TPSA) is 42.2 Å². The third kappa shape index (κ3) is 2.58. The zero-order valence-electron chi connectivity index (χ0n) is 15.0. The number of carbonyl (C=O) groups is 1. The van der Waals surface area contributed by atoms with Crippen LogP contribution in [0.1, 0.15) is 51.9 Å². The van der Waals surface area contributed by atoms with Gasteiger partial charge in [-0.25, -0.2) is 9.18 Å². The van der Waals surface area contributed by atoms with E-state index in [-0.39, 0.29) is 10.6 Å². The van der Waals surface area contributed by atoms with Crippen LogP contribution in [-0.2, 0) is 0 Å². The smallest absolute Gasteiger partial charge is 0.338 e. The summed E-state index contributed by atoms with van der Waals surface area (Å²) in [5.74, 6) is -1.88. The van der Waals surface area contributed by atoms with Gasteiger partial charge in [-0.15, -0.1) is 0 Å². The summed E-state index contributed by atoms with van der Waals surface area (Å²) in [6.07, 6.45) is 1.93. The molecule has 2 aromatic rings. The summed E-state index contributed by atoms with van der Waals surface area (Å²) in [6.45, 7) is 13.3. The van der Waals surface area contributed by atoms with E-state index < -0.39 is 20.0 Å². The van der Waals surface area contributed by atoms with Gasteiger partial charge in [-0.2, -0.15) is 0 Å². The van der Waals surface area contributed by atoms with Crippen LogP contribution in [-0.4, -0.2) is 23.5 Å². The van der Waals surface area contributed by atoms with Gasteiger partial charge < -0.3 is 9.34 Å². The Kier molecular flexibility index (Phi) is 5.16. The molecule has 0 saturated carbocycles. The molecule has 24 heavy (non-hydrogen) atoms. The zero-order chi connectivity index (χ0) is 18.4. The summed E-state index contributed by atoms with van der Waals surface area (Å²) in [5, 5.41) is 9.67. The van der Waals surface area contributed by atoms with E-state index in [0.29, 0.717) is 27.5 Å². The Balaban J connectivity index is 2.94. The first kappa shape index (κ1) is 19.0. The van der Waals surface area contributed by atoms with E-state index in [2.05, 4.69) is 45.8 Å². The van der Waals surface area contributed by atoms with Crippen LogP contribution < -0.4 is 0 Å². The van der Waals surface area contributed by atoms with Crippen LogP contribution >= 0.6 is 11.6 Å². The first-order valence-electron chi connectivity index (χ1n) is 8.29. The van der Waals surface area contributed by atoms with Gasteiger partial charge in [0.05, 0.1) is 10.6 Å². The molecule has 3 nitrogen and oxygen atoms in total. The molecule has 132 valence electrons. The number of carboxylic acid groups (broad SMARTS) is 1. The molecule has 0 bridgehead atoms. The molecule has 1 aromatic carbocycles. The second kappa shape index (κ2) is 6.52. The van der Waals surface area contributed by atoms with Crippen molar-refractivity contribution in [3.05, 3.63) is 34.7 Å². The van der Waals surface area contributed by atoms with Gasteiger partial charge >= 0.3 is 5.97 Å². The SMILES string of the molecule is CC(C)[Si](C(C)C)(C(C)C)n1ccc2c(C(=O)O)c(Cl)c(F)cc21. The fraction of sp³-hybridized carbons (Fsp3) is 0.500. The highest BCUT2D eigenvalue weighted by molar-refractivity contribution is 6.82. The highest BCUT2D eigenvalue weighted by atomic mass is 35.5. The molecule has 0 fully saturated rings. The van der Waals surface area contributed by atoms with Crippen molar-refractivity contribution in [1.29, 1.82) is 0 Å². The van der Waals surface area contributed by atoms with Crippen LogP contribution in [0.5, 0.6) is 0 Å². The quantitative estimate of drug-likeness (QED) is 0.641. The monoisotopic (exact) mass is 369 g/mol. The van der Waals surface area contributed by atoms with E-state index in [1.807, 2.05) is 6.20 Å². The number of halogens is 2. The molecule has 0 saturated heterocycles. The fourth-order valence-corrected chi connectivity index (χ4v) is 11.4. The van der Waals surface area contributed by atoms with E-state index in [4.69, 9.17) is 11.6 Å². The lowest BCUT2D eigenvalue weighted by molar-refractivity contribution is 0.0698. The minimum absolute atomic E-state index is 0.149. The maximum absolute atomic E-state index is 14.3. The number of benzene rings is 1. The van der Waals surface area contributed by atoms with E-state index >= 15 is 0 Å². The van der Waals surface area contributed by atoms with Crippen LogP contribution in [0.4, 0.5) is 4.39 Å². The molecule has 0 aliphatic carbocycles. The van der Waals surface area contributed by atoms with Gasteiger partial charge in [0.15, 0.2) is 8.24 Å². The van der Waals surface area contributed by atoms with E-state index in [0.717, 1.165) is 0 Å². The molecule has 0 aliphatic rings. The van der Waals surface area contributed by atoms with Gasteiger partial charge in [-0.1, -0.05) is 53.1 Å². The van der Waals surface area contributed by atoms with Gasteiger partial charge in [0.2, 0.25) is 0 Å². The van der Waals surface area contributed by atoms with Gasteiger partial charge in [0.1, 0.15) is 5.82 Å². The van der Waals surface area contributed by atoms with Gasteiger partial charge in [0, 0.05) is 10.9 Å². The molecule has 0 aliphatic heterocycles. The van der Waals surface area contributed by atoms with Crippen molar-refractivity contribution in [3.63, 3.8) is 0 Å². The van der Waals surface area contributed by atoms with Crippen molar-refractivity contribution in [2.24, 2.45) is 0 Å². The second-order valence-corrected chi connectivity index (χ2v) is 13.4. The minimum Gasteiger partial charge on any atom is -0.478 e. The Morgan fingerprint density at radius 1 is 1.17 bits per heavy atom. The number of hydrogen-bond acceptors (Lipinski definition) is 1. The average Bonchev–Trinajstić information content (AvgIpc) is 2.82. The zero-order valence-corrected chi connectivity index (χ0v) is 16.8. The molecule has 0 spiro atoms. The standard InChI is InChI=1S/C18H25ClFNO2Si/c1-10(2)24(11(3)4,12(5)6)21-8-7-13-15(21)9-14(20)17(19)16(13)18(22)23/h7-12H,1-6H3,(H,22,23). The number of aromatic carboxylic acids is 1. The van der Waals surface area contributed by atoms with Crippen molar-refractivity contribution in [2.45, 2.75) is 58.2 Å². The summed E-state index contributed by atoms with van der Waals surface area (Å²) < 4.78 is 16.5. The van der Waals surface area contributed by atoms with Crippen molar-refractivity contribution < 1.29 is 14.3 Å². The lowest BCUT2D eigenvalue weighted by Crippen LogP contribution is -2.51. The number of aromatic nitrogens is 1. The molecule has 2 rings (SSSR count). The Morgan fingerprint density at radius 3 is 2.08 bits per heavy atom. The molecular formula is C18H25ClFNO2Si. The van der Waals surface area contributed by atoms with Gasteiger partial charge in [0.25, 0.3) is 0 Å². The van der Waals surface area contributed by atoms with Crippen molar-refractivity contribution in [3.8, 4) is 0 Å². The summed E-state index contributed by atoms with van der Waals surface area (Å²) in [7, 11) is -2.10. The van der Waals surface area contributed by atoms with Crippen molar-refractivity contribution in [2.75, 3.05) is 0 Å². The highest BCUT2D eigenvalue weighted by Gasteiger charge is 2.46. The Morgan fingerprint density at radius 2 is 1.67 bits per heavy atom. The predicted molar refractivity (Wildman–Crippen MR) is 100 cm³/mol. The number of hydrogen-bond donors (Lipinski definition) is 1. The maximum Gasteiger partial charge on any atom is 0.338 e. The van der Waals surface area contributed by atoms with Crippen LogP contribution in [0.2, 0.25) is 21.6 Å². The largest absolute Gasteiger partial charge is 0.478 e. The Labute approximate surface area is 148 Å². The summed E-state index contributed by atoms with van der Waals surface area (Å²) in [5.41, 5.74) is 1.74. The molecule has 6 heteroatoms. The Bertz CT molecular complexity index is 761. The lowest BCUT2D eigenvalue weighted by Gasteiger charge is -2.44. The van der Waals surface area contributed by atoms with Gasteiger partial charge in [-0.3, -0.25) is 0 Å². The number of carboxylic acids is 1. The van der Waals surface area contributed by atoms with Crippen molar-refractivity contribution >= 4 is 36.7 Å². The molecule has 0 radical (unpaired) electrons. The van der Waals surface area contributed by atoms with Crippen molar-refractivity contribution in [1.82, 2.24) is 4.23 Å². The van der Waals surface area contributed by atoms with Gasteiger partial charge in [-0.05, 0) is 35.0 Å². The molecule has 0 atom stereocenters. The minimum atomic E-state index is -2.10. The third-order valence-electron chi connectivity index (χ3n) is 5.29. The van der Waals surface area contributed by atoms with Crippen LogP contribution in [0.25, 0.3) is 10.9 Å². The first-order chi connectivity index (χ1) is 11.1. The average molecular weight is 370 g/mol. The van der Waals surface area contributed by atoms with E-state index in [9.17, 15) is 14.3 Å². The van der Waals surface area contributed by atoms with Crippen LogP contribution in [0.15, 0.2) is 18.3 Å². The first-order valence-corrected chi connectivity index (χ1v) is 10.8. The molecule has 0 unspecified atom stereocenters. The second-order valence-electron chi connectivity index (χ2n) is 7.32. The molecular weight excluding hydrogens is 345 g/mol. The maximum atomic E-state index is 14.3. The third-order valence-corrected chi connectivity index (χ3v) is 12.4. The molecule has 1 heterocycles. The number of nitrogens with zero attached hydrogens (tertiary/aromatic N) is 1. The molecule has 1 N–H and O–H groups in total. The van der Waals surface area contributed by atoms with E-state index in [1.54, 1.807) is 6.07 Å².